The molecule has 1 amide bonds. The molecule has 2 aromatic heterocycles. The molecule has 0 bridgehead atoms. The molecule has 0 aliphatic rings. The smallest absolute Gasteiger partial charge is 0.221 e. The quantitative estimate of drug-likeness (QED) is 0.470. The van der Waals surface area contributed by atoms with E-state index in [1.807, 2.05) is 53.9 Å². The van der Waals surface area contributed by atoms with Crippen molar-refractivity contribution >= 4 is 40.3 Å². The first-order chi connectivity index (χ1) is 14.5. The fourth-order valence-electron chi connectivity index (χ4n) is 3.25. The Hall–Kier alpha value is -3.58. The molecule has 4 aromatic rings. The fraction of sp³-hybridized carbons (Fsp3) is 0.136. The third-order valence-electron chi connectivity index (χ3n) is 4.68. The molecule has 152 valence electrons. The lowest BCUT2D eigenvalue weighted by Crippen LogP contribution is -2.07. The van der Waals surface area contributed by atoms with Crippen molar-refractivity contribution in [2.45, 2.75) is 13.8 Å². The first-order valence-corrected chi connectivity index (χ1v) is 9.65. The molecular weight excluding hydrogens is 402 g/mol. The monoisotopic (exact) mass is 421 g/mol. The van der Waals surface area contributed by atoms with E-state index in [0.717, 1.165) is 28.2 Å². The maximum absolute atomic E-state index is 11.3. The van der Waals surface area contributed by atoms with Gasteiger partial charge < -0.3 is 15.4 Å². The Morgan fingerprint density at radius 1 is 1.17 bits per heavy atom. The summed E-state index contributed by atoms with van der Waals surface area (Å²) in [5.41, 5.74) is 5.05. The predicted octanol–water partition coefficient (Wildman–Crippen LogP) is 5.07. The Bertz CT molecular complexity index is 1250. The maximum atomic E-state index is 11.3. The number of fused-ring (bicyclic) bond motifs is 1. The molecule has 8 heteroatoms. The molecular formula is C22H20ClN5O2. The van der Waals surface area contributed by atoms with Crippen molar-refractivity contribution in [3.63, 3.8) is 0 Å². The number of methoxy groups -OCH3 is 1. The number of amides is 1. The van der Waals surface area contributed by atoms with Crippen molar-refractivity contribution in [1.29, 1.82) is 0 Å². The molecule has 0 radical (unpaired) electrons. The second-order valence-corrected chi connectivity index (χ2v) is 7.21. The van der Waals surface area contributed by atoms with Crippen LogP contribution in [0.3, 0.4) is 0 Å². The van der Waals surface area contributed by atoms with Crippen LogP contribution in [0.5, 0.6) is 5.75 Å². The van der Waals surface area contributed by atoms with Crippen LogP contribution in [0.15, 0.2) is 55.0 Å². The van der Waals surface area contributed by atoms with Crippen molar-refractivity contribution in [3.05, 3.63) is 65.6 Å². The third-order valence-corrected chi connectivity index (χ3v) is 4.97. The predicted molar refractivity (Wildman–Crippen MR) is 119 cm³/mol. The highest BCUT2D eigenvalue weighted by molar-refractivity contribution is 6.32. The molecule has 0 saturated heterocycles. The van der Waals surface area contributed by atoms with Gasteiger partial charge >= 0.3 is 0 Å². The fourth-order valence-corrected chi connectivity index (χ4v) is 3.51. The number of halogens is 1. The van der Waals surface area contributed by atoms with Crippen molar-refractivity contribution in [2.24, 2.45) is 0 Å². The molecule has 30 heavy (non-hydrogen) atoms. The highest BCUT2D eigenvalue weighted by Gasteiger charge is 2.13. The molecule has 4 rings (SSSR count). The van der Waals surface area contributed by atoms with Crippen LogP contribution < -0.4 is 15.4 Å². The molecule has 2 aromatic carbocycles. The number of nitrogens with one attached hydrogen (secondary N) is 2. The van der Waals surface area contributed by atoms with E-state index in [9.17, 15) is 4.79 Å². The molecule has 7 nitrogen and oxygen atoms in total. The van der Waals surface area contributed by atoms with E-state index >= 15 is 0 Å². The van der Waals surface area contributed by atoms with E-state index in [0.29, 0.717) is 22.2 Å². The number of rotatable bonds is 5. The lowest BCUT2D eigenvalue weighted by atomic mass is 10.1. The highest BCUT2D eigenvalue weighted by atomic mass is 35.5. The number of imidazole rings is 1. The number of hydrogen-bond donors (Lipinski definition) is 2. The van der Waals surface area contributed by atoms with E-state index < -0.39 is 0 Å². The largest absolute Gasteiger partial charge is 0.495 e. The zero-order valence-electron chi connectivity index (χ0n) is 16.7. The molecule has 0 fully saturated rings. The number of hydrogen-bond acceptors (Lipinski definition) is 5. The molecule has 0 aliphatic carbocycles. The number of benzene rings is 2. The summed E-state index contributed by atoms with van der Waals surface area (Å²) in [5.74, 6) is 1.14. The minimum Gasteiger partial charge on any atom is -0.495 e. The summed E-state index contributed by atoms with van der Waals surface area (Å²) in [6, 6.07) is 11.3. The van der Waals surface area contributed by atoms with Gasteiger partial charge in [0.05, 0.1) is 24.0 Å². The number of aryl methyl sites for hydroxylation is 1. The minimum absolute atomic E-state index is 0.103. The number of anilines is 3. The van der Waals surface area contributed by atoms with Gasteiger partial charge in [-0.1, -0.05) is 11.6 Å². The van der Waals surface area contributed by atoms with E-state index in [1.165, 1.54) is 6.92 Å². The van der Waals surface area contributed by atoms with Gasteiger partial charge in [0.1, 0.15) is 5.75 Å². The van der Waals surface area contributed by atoms with Crippen molar-refractivity contribution in [3.8, 4) is 17.0 Å². The molecule has 0 atom stereocenters. The number of nitrogens with zero attached hydrogens (tertiary/aromatic N) is 3. The standard InChI is InChI=1S/C22H20ClN5O2/c1-13-10-16(5-6-18(13)26-14(2)29)27-21-22-25-12-19(28(22)9-8-24-21)15-4-7-20(30-3)17(23)11-15/h4-12H,1-3H3,(H,24,27)(H,26,29). The molecule has 0 spiro atoms. The van der Waals surface area contributed by atoms with Gasteiger partial charge in [-0.2, -0.15) is 0 Å². The average molecular weight is 422 g/mol. The summed E-state index contributed by atoms with van der Waals surface area (Å²) in [4.78, 5) is 20.3. The molecule has 2 N–H and O–H groups in total. The van der Waals surface area contributed by atoms with Crippen LogP contribution in [0, 0.1) is 6.92 Å². The molecule has 0 saturated carbocycles. The first kappa shape index (κ1) is 19.7. The van der Waals surface area contributed by atoms with Gasteiger partial charge in [-0.05, 0) is 48.9 Å². The molecule has 2 heterocycles. The topological polar surface area (TPSA) is 80.5 Å². The lowest BCUT2D eigenvalue weighted by molar-refractivity contribution is -0.114. The molecule has 0 aliphatic heterocycles. The van der Waals surface area contributed by atoms with E-state index in [1.54, 1.807) is 19.5 Å². The second kappa shape index (κ2) is 8.04. The number of aromatic nitrogens is 3. The Labute approximate surface area is 178 Å². The lowest BCUT2D eigenvalue weighted by Gasteiger charge is -2.11. The number of carbonyl (C=O) groups excluding carboxylic acids is 1. The summed E-state index contributed by atoms with van der Waals surface area (Å²) in [5, 5.41) is 6.65. The van der Waals surface area contributed by atoms with Crippen LogP contribution in [0.1, 0.15) is 12.5 Å². The number of ether oxygens (including phenoxy) is 1. The van der Waals surface area contributed by atoms with Crippen LogP contribution in [-0.2, 0) is 4.79 Å². The van der Waals surface area contributed by atoms with Crippen LogP contribution in [0.2, 0.25) is 5.02 Å². The normalized spacial score (nSPS) is 10.8. The second-order valence-electron chi connectivity index (χ2n) is 6.80. The van der Waals surface area contributed by atoms with Crippen molar-refractivity contribution in [1.82, 2.24) is 14.4 Å². The van der Waals surface area contributed by atoms with E-state index in [4.69, 9.17) is 16.3 Å². The third kappa shape index (κ3) is 3.79. The summed E-state index contributed by atoms with van der Waals surface area (Å²) in [7, 11) is 1.59. The van der Waals surface area contributed by atoms with Gasteiger partial charge in [0, 0.05) is 36.3 Å². The first-order valence-electron chi connectivity index (χ1n) is 9.27. The Morgan fingerprint density at radius 2 is 2.00 bits per heavy atom. The van der Waals surface area contributed by atoms with Crippen molar-refractivity contribution in [2.75, 3.05) is 17.7 Å². The van der Waals surface area contributed by atoms with Gasteiger partial charge in [0.2, 0.25) is 5.91 Å². The summed E-state index contributed by atoms with van der Waals surface area (Å²) >= 11 is 6.29. The van der Waals surface area contributed by atoms with Crippen LogP contribution in [0.4, 0.5) is 17.2 Å². The SMILES string of the molecule is COc1ccc(-c2cnc3c(Nc4ccc(NC(C)=O)c(C)c4)nccn23)cc1Cl. The van der Waals surface area contributed by atoms with Crippen molar-refractivity contribution < 1.29 is 9.53 Å². The van der Waals surface area contributed by atoms with E-state index in [-0.39, 0.29) is 5.91 Å². The number of carbonyl (C=O) groups is 1. The van der Waals surface area contributed by atoms with Crippen LogP contribution in [-0.4, -0.2) is 27.4 Å². The Balaban J connectivity index is 1.68. The van der Waals surface area contributed by atoms with Gasteiger partial charge in [-0.3, -0.25) is 9.20 Å². The van der Waals surface area contributed by atoms with Crippen LogP contribution >= 0.6 is 11.6 Å². The van der Waals surface area contributed by atoms with Gasteiger partial charge in [0.25, 0.3) is 0 Å². The Morgan fingerprint density at radius 3 is 2.70 bits per heavy atom. The van der Waals surface area contributed by atoms with Gasteiger partial charge in [-0.25, -0.2) is 9.97 Å². The minimum atomic E-state index is -0.103. The highest BCUT2D eigenvalue weighted by Crippen LogP contribution is 2.31. The summed E-state index contributed by atoms with van der Waals surface area (Å²) in [6.45, 7) is 3.42. The van der Waals surface area contributed by atoms with Crippen LogP contribution in [0.25, 0.3) is 16.9 Å². The zero-order valence-corrected chi connectivity index (χ0v) is 17.5. The Kier molecular flexibility index (Phi) is 5.29. The van der Waals surface area contributed by atoms with Gasteiger partial charge in [0.15, 0.2) is 11.5 Å². The maximum Gasteiger partial charge on any atom is 0.221 e. The summed E-state index contributed by atoms with van der Waals surface area (Å²) < 4.78 is 7.18. The average Bonchev–Trinajstić information content (AvgIpc) is 3.15. The van der Waals surface area contributed by atoms with E-state index in [2.05, 4.69) is 20.6 Å². The summed E-state index contributed by atoms with van der Waals surface area (Å²) in [6.07, 6.45) is 5.35. The van der Waals surface area contributed by atoms with Gasteiger partial charge in [-0.15, -0.1) is 0 Å². The zero-order chi connectivity index (χ0) is 21.3. The molecule has 0 unspecified atom stereocenters.